The van der Waals surface area contributed by atoms with Gasteiger partial charge in [0.2, 0.25) is 5.91 Å². The first kappa shape index (κ1) is 18.6. The number of Topliss-reactive ketones (excluding diaryl/α,β-unsaturated/α-hetero) is 1. The number of benzene rings is 2. The second kappa shape index (κ2) is 6.69. The number of halogens is 1. The topological polar surface area (TPSA) is 37.4 Å². The third kappa shape index (κ3) is 3.28. The average molecular weight is 377 g/mol. The lowest BCUT2D eigenvalue weighted by molar-refractivity contribution is -0.121. The summed E-state index contributed by atoms with van der Waals surface area (Å²) in [6.07, 6.45) is 1.35. The van der Waals surface area contributed by atoms with Gasteiger partial charge in [0, 0.05) is 35.7 Å². The van der Waals surface area contributed by atoms with Crippen LogP contribution in [0.4, 0.5) is 10.1 Å². The normalized spacial score (nSPS) is 21.7. The molecule has 0 saturated carbocycles. The van der Waals surface area contributed by atoms with E-state index in [1.54, 1.807) is 17.0 Å². The Balaban J connectivity index is 1.89. The highest BCUT2D eigenvalue weighted by molar-refractivity contribution is 6.07. The van der Waals surface area contributed by atoms with E-state index < -0.39 is 0 Å². The molecule has 0 spiro atoms. The first-order valence-electron chi connectivity index (χ1n) is 9.66. The van der Waals surface area contributed by atoms with Crippen molar-refractivity contribution in [1.29, 1.82) is 0 Å². The Bertz CT molecular complexity index is 988. The molecule has 144 valence electrons. The Hall–Kier alpha value is -2.75. The zero-order valence-corrected chi connectivity index (χ0v) is 16.5. The molecule has 0 bridgehead atoms. The molecule has 0 N–H and O–H groups in total. The summed E-state index contributed by atoms with van der Waals surface area (Å²) in [7, 11) is 0. The van der Waals surface area contributed by atoms with Crippen LogP contribution in [0.1, 0.15) is 50.2 Å². The first-order valence-corrected chi connectivity index (χ1v) is 9.66. The van der Waals surface area contributed by atoms with Crippen LogP contribution in [0.15, 0.2) is 59.8 Å². The number of aryl methyl sites for hydroxylation is 1. The predicted octanol–water partition coefficient (Wildman–Crippen LogP) is 5.30. The van der Waals surface area contributed by atoms with Crippen molar-refractivity contribution in [3.63, 3.8) is 0 Å². The maximum atomic E-state index is 13.4. The van der Waals surface area contributed by atoms with Crippen molar-refractivity contribution >= 4 is 17.4 Å². The van der Waals surface area contributed by atoms with Crippen LogP contribution in [0, 0.1) is 18.2 Å². The third-order valence-electron chi connectivity index (χ3n) is 5.67. The lowest BCUT2D eigenvalue weighted by Gasteiger charge is -2.43. The number of hydrogen-bond acceptors (Lipinski definition) is 2. The minimum Gasteiger partial charge on any atom is -0.294 e. The molecule has 1 unspecified atom stereocenters. The van der Waals surface area contributed by atoms with Crippen molar-refractivity contribution in [2.45, 2.75) is 46.0 Å². The monoisotopic (exact) mass is 377 g/mol. The van der Waals surface area contributed by atoms with Gasteiger partial charge in [-0.15, -0.1) is 0 Å². The van der Waals surface area contributed by atoms with Crippen molar-refractivity contribution in [3.05, 3.63) is 76.7 Å². The Kier molecular flexibility index (Phi) is 4.45. The average Bonchev–Trinajstić information content (AvgIpc) is 2.61. The van der Waals surface area contributed by atoms with Crippen LogP contribution < -0.4 is 4.90 Å². The van der Waals surface area contributed by atoms with Crippen LogP contribution in [0.2, 0.25) is 0 Å². The fraction of sp³-hybridized carbons (Fsp3) is 0.333. The van der Waals surface area contributed by atoms with E-state index in [1.807, 2.05) is 25.1 Å². The summed E-state index contributed by atoms with van der Waals surface area (Å²) in [5, 5.41) is 0. The van der Waals surface area contributed by atoms with E-state index in [-0.39, 0.29) is 35.3 Å². The van der Waals surface area contributed by atoms with E-state index in [0.717, 1.165) is 22.4 Å². The number of rotatable bonds is 2. The quantitative estimate of drug-likeness (QED) is 0.712. The lowest BCUT2D eigenvalue weighted by atomic mass is 9.69. The Morgan fingerprint density at radius 2 is 1.75 bits per heavy atom. The molecule has 1 aliphatic heterocycles. The van der Waals surface area contributed by atoms with Gasteiger partial charge in [0.1, 0.15) is 5.82 Å². The zero-order valence-electron chi connectivity index (χ0n) is 16.5. The molecule has 1 aliphatic carbocycles. The van der Waals surface area contributed by atoms with Crippen LogP contribution in [0.25, 0.3) is 0 Å². The van der Waals surface area contributed by atoms with Gasteiger partial charge in [-0.25, -0.2) is 4.39 Å². The van der Waals surface area contributed by atoms with E-state index in [0.29, 0.717) is 18.5 Å². The van der Waals surface area contributed by atoms with E-state index >= 15 is 0 Å². The molecule has 0 aromatic heterocycles. The largest absolute Gasteiger partial charge is 0.294 e. The van der Waals surface area contributed by atoms with Gasteiger partial charge in [0.15, 0.2) is 5.78 Å². The van der Waals surface area contributed by atoms with Crippen LogP contribution in [-0.2, 0) is 9.59 Å². The Morgan fingerprint density at radius 1 is 1.04 bits per heavy atom. The Labute approximate surface area is 164 Å². The van der Waals surface area contributed by atoms with Crippen molar-refractivity contribution in [3.8, 4) is 0 Å². The van der Waals surface area contributed by atoms with Crippen molar-refractivity contribution < 1.29 is 14.0 Å². The molecule has 28 heavy (non-hydrogen) atoms. The van der Waals surface area contributed by atoms with Crippen molar-refractivity contribution in [2.75, 3.05) is 4.90 Å². The molecular formula is C24H24FNO2. The fourth-order valence-corrected chi connectivity index (χ4v) is 4.48. The first-order chi connectivity index (χ1) is 13.2. The number of carbonyl (C=O) groups is 2. The van der Waals surface area contributed by atoms with Crippen molar-refractivity contribution in [2.24, 2.45) is 5.41 Å². The van der Waals surface area contributed by atoms with Gasteiger partial charge in [-0.3, -0.25) is 14.5 Å². The smallest absolute Gasteiger partial charge is 0.232 e. The number of allylic oxidation sites excluding steroid dienone is 2. The number of amides is 1. The minimum absolute atomic E-state index is 0.0534. The van der Waals surface area contributed by atoms with E-state index in [1.165, 1.54) is 12.1 Å². The van der Waals surface area contributed by atoms with Gasteiger partial charge in [0.05, 0.1) is 0 Å². The molecule has 0 fully saturated rings. The molecule has 0 radical (unpaired) electrons. The summed E-state index contributed by atoms with van der Waals surface area (Å²) in [5.41, 5.74) is 4.03. The van der Waals surface area contributed by atoms with Gasteiger partial charge < -0.3 is 0 Å². The summed E-state index contributed by atoms with van der Waals surface area (Å²) >= 11 is 0. The molecule has 4 heteroatoms. The molecule has 2 aromatic rings. The molecular weight excluding hydrogens is 353 g/mol. The van der Waals surface area contributed by atoms with Crippen LogP contribution >= 0.6 is 0 Å². The van der Waals surface area contributed by atoms with Gasteiger partial charge >= 0.3 is 0 Å². The number of carbonyl (C=O) groups excluding carboxylic acids is 2. The summed E-state index contributed by atoms with van der Waals surface area (Å²) in [6.45, 7) is 6.12. The SMILES string of the molecule is Cc1cccc(C2CC(=O)N(c3ccc(F)cc3)C3=C2C(=O)CC(C)(C)C3)c1. The van der Waals surface area contributed by atoms with Gasteiger partial charge in [-0.05, 0) is 48.6 Å². The molecule has 4 rings (SSSR count). The highest BCUT2D eigenvalue weighted by Gasteiger charge is 2.44. The number of anilines is 1. The van der Waals surface area contributed by atoms with Crippen LogP contribution in [-0.4, -0.2) is 11.7 Å². The lowest BCUT2D eigenvalue weighted by Crippen LogP contribution is -2.43. The van der Waals surface area contributed by atoms with Crippen molar-refractivity contribution in [1.82, 2.24) is 0 Å². The van der Waals surface area contributed by atoms with Gasteiger partial charge in [-0.2, -0.15) is 0 Å². The number of ketones is 1. The van der Waals surface area contributed by atoms with Gasteiger partial charge in [0.25, 0.3) is 0 Å². The van der Waals surface area contributed by atoms with E-state index in [4.69, 9.17) is 0 Å². The number of nitrogens with zero attached hydrogens (tertiary/aromatic N) is 1. The summed E-state index contributed by atoms with van der Waals surface area (Å²) < 4.78 is 13.4. The minimum atomic E-state index is -0.347. The molecule has 1 amide bonds. The highest BCUT2D eigenvalue weighted by Crippen LogP contribution is 2.48. The predicted molar refractivity (Wildman–Crippen MR) is 107 cm³/mol. The van der Waals surface area contributed by atoms with Crippen LogP contribution in [0.5, 0.6) is 0 Å². The molecule has 2 aliphatic rings. The fourth-order valence-electron chi connectivity index (χ4n) is 4.48. The molecule has 1 heterocycles. The number of hydrogen-bond donors (Lipinski definition) is 0. The molecule has 2 aromatic carbocycles. The second-order valence-electron chi connectivity index (χ2n) is 8.68. The maximum Gasteiger partial charge on any atom is 0.232 e. The summed E-state index contributed by atoms with van der Waals surface area (Å²) in [4.78, 5) is 28.0. The standard InChI is InChI=1S/C24H24FNO2/c1-15-5-4-6-16(11-15)19-12-22(28)26(18-9-7-17(25)8-10-18)20-13-24(2,3)14-21(27)23(19)20/h4-11,19H,12-14H2,1-3H3. The van der Waals surface area contributed by atoms with Crippen LogP contribution in [0.3, 0.4) is 0 Å². The van der Waals surface area contributed by atoms with Gasteiger partial charge in [-0.1, -0.05) is 43.7 Å². The van der Waals surface area contributed by atoms with E-state index in [2.05, 4.69) is 19.9 Å². The van der Waals surface area contributed by atoms with E-state index in [9.17, 15) is 14.0 Å². The Morgan fingerprint density at radius 3 is 2.43 bits per heavy atom. The molecule has 1 atom stereocenters. The maximum absolute atomic E-state index is 13.4. The zero-order chi connectivity index (χ0) is 20.1. The summed E-state index contributed by atoms with van der Waals surface area (Å²) in [6, 6.07) is 14.0. The molecule has 3 nitrogen and oxygen atoms in total. The third-order valence-corrected chi connectivity index (χ3v) is 5.67. The second-order valence-corrected chi connectivity index (χ2v) is 8.68. The molecule has 0 saturated heterocycles. The highest BCUT2D eigenvalue weighted by atomic mass is 19.1. The summed E-state index contributed by atoms with van der Waals surface area (Å²) in [5.74, 6) is -0.512.